The molecular weight excluding hydrogens is 374 g/mol. The highest BCUT2D eigenvalue weighted by Gasteiger charge is 2.16. The van der Waals surface area contributed by atoms with Gasteiger partial charge < -0.3 is 15.2 Å². The molecule has 6 heteroatoms. The monoisotopic (exact) mass is 385 g/mol. The van der Waals surface area contributed by atoms with E-state index < -0.39 is 0 Å². The smallest absolute Gasteiger partial charge is 0.179 e. The minimum absolute atomic E-state index is 0.541. The Balaban J connectivity index is 1.77. The first-order valence-electron chi connectivity index (χ1n) is 6.39. The van der Waals surface area contributed by atoms with Crippen molar-refractivity contribution in [3.05, 3.63) is 45.4 Å². The van der Waals surface area contributed by atoms with Crippen molar-refractivity contribution in [1.29, 1.82) is 0 Å². The molecule has 0 bridgehead atoms. The number of rotatable bonds is 3. The van der Waals surface area contributed by atoms with E-state index in [2.05, 4.69) is 15.9 Å². The van der Waals surface area contributed by atoms with Gasteiger partial charge in [0.2, 0.25) is 0 Å². The SMILES string of the molecule is Nc1ccc(SCc2cc(Cl)c3c(c2)OCCO3)c(Br)c1. The normalized spacial score (nSPS) is 13.2. The lowest BCUT2D eigenvalue weighted by atomic mass is 10.2. The zero-order chi connectivity index (χ0) is 14.8. The van der Waals surface area contributed by atoms with Crippen molar-refractivity contribution in [2.45, 2.75) is 10.6 Å². The lowest BCUT2D eigenvalue weighted by molar-refractivity contribution is 0.171. The number of nitrogens with two attached hydrogens (primary N) is 1. The van der Waals surface area contributed by atoms with E-state index in [-0.39, 0.29) is 0 Å². The number of nitrogen functional groups attached to an aromatic ring is 1. The van der Waals surface area contributed by atoms with Gasteiger partial charge in [-0.3, -0.25) is 0 Å². The van der Waals surface area contributed by atoms with Crippen LogP contribution in [0.1, 0.15) is 5.56 Å². The van der Waals surface area contributed by atoms with E-state index in [4.69, 9.17) is 26.8 Å². The summed E-state index contributed by atoms with van der Waals surface area (Å²) in [4.78, 5) is 1.13. The quantitative estimate of drug-likeness (QED) is 0.611. The van der Waals surface area contributed by atoms with Crippen LogP contribution in [0.3, 0.4) is 0 Å². The van der Waals surface area contributed by atoms with Gasteiger partial charge in [0.1, 0.15) is 13.2 Å². The Kier molecular flexibility index (Phi) is 4.52. The largest absolute Gasteiger partial charge is 0.486 e. The first-order chi connectivity index (χ1) is 10.1. The maximum absolute atomic E-state index is 6.24. The van der Waals surface area contributed by atoms with Gasteiger partial charge in [-0.15, -0.1) is 11.8 Å². The molecule has 21 heavy (non-hydrogen) atoms. The minimum Gasteiger partial charge on any atom is -0.486 e. The second kappa shape index (κ2) is 6.38. The molecule has 0 radical (unpaired) electrons. The van der Waals surface area contributed by atoms with E-state index >= 15 is 0 Å². The van der Waals surface area contributed by atoms with Gasteiger partial charge in [-0.05, 0) is 51.8 Å². The van der Waals surface area contributed by atoms with Crippen LogP contribution in [0, 0.1) is 0 Å². The molecule has 0 unspecified atom stereocenters. The second-order valence-corrected chi connectivity index (χ2v) is 6.86. The number of halogens is 2. The van der Waals surface area contributed by atoms with Gasteiger partial charge in [0.05, 0.1) is 5.02 Å². The fraction of sp³-hybridized carbons (Fsp3) is 0.200. The van der Waals surface area contributed by atoms with E-state index in [0.717, 1.165) is 32.1 Å². The summed E-state index contributed by atoms with van der Waals surface area (Å²) < 4.78 is 12.1. The summed E-state index contributed by atoms with van der Waals surface area (Å²) in [5.41, 5.74) is 7.58. The summed E-state index contributed by atoms with van der Waals surface area (Å²) >= 11 is 11.5. The summed E-state index contributed by atoms with van der Waals surface area (Å²) in [6, 6.07) is 9.71. The van der Waals surface area contributed by atoms with Crippen LogP contribution in [0.4, 0.5) is 5.69 Å². The number of anilines is 1. The standard InChI is InChI=1S/C15H13BrClNO2S/c16-11-7-10(18)1-2-14(11)21-8-9-5-12(17)15-13(6-9)19-3-4-20-15/h1-2,5-7H,3-4,8,18H2. The van der Waals surface area contributed by atoms with Gasteiger partial charge >= 0.3 is 0 Å². The summed E-state index contributed by atoms with van der Waals surface area (Å²) in [7, 11) is 0. The first-order valence-corrected chi connectivity index (χ1v) is 8.55. The molecule has 110 valence electrons. The zero-order valence-electron chi connectivity index (χ0n) is 11.1. The Bertz CT molecular complexity index is 681. The molecule has 0 atom stereocenters. The Hall–Kier alpha value is -1.04. The molecule has 0 spiro atoms. The third kappa shape index (κ3) is 3.42. The molecule has 3 rings (SSSR count). The van der Waals surface area contributed by atoms with E-state index in [9.17, 15) is 0 Å². The van der Waals surface area contributed by atoms with Crippen molar-refractivity contribution in [3.8, 4) is 11.5 Å². The summed E-state index contributed by atoms with van der Waals surface area (Å²) in [5.74, 6) is 2.16. The fourth-order valence-electron chi connectivity index (χ4n) is 2.04. The fourth-order valence-corrected chi connectivity index (χ4v) is 3.92. The number of ether oxygens (including phenoxy) is 2. The van der Waals surface area contributed by atoms with Crippen LogP contribution in [0.5, 0.6) is 11.5 Å². The molecule has 0 fully saturated rings. The Morgan fingerprint density at radius 1 is 1.19 bits per heavy atom. The lowest BCUT2D eigenvalue weighted by Crippen LogP contribution is -2.15. The third-order valence-electron chi connectivity index (χ3n) is 3.01. The van der Waals surface area contributed by atoms with Crippen molar-refractivity contribution in [2.75, 3.05) is 18.9 Å². The first kappa shape index (κ1) is 14.9. The molecule has 1 aliphatic heterocycles. The van der Waals surface area contributed by atoms with Crippen LogP contribution >= 0.6 is 39.3 Å². The van der Waals surface area contributed by atoms with Crippen LogP contribution in [0.15, 0.2) is 39.7 Å². The molecule has 0 amide bonds. The molecular formula is C15H13BrClNO2S. The molecule has 0 aromatic heterocycles. The summed E-state index contributed by atoms with van der Waals surface area (Å²) in [5, 5.41) is 0.596. The average molecular weight is 387 g/mol. The average Bonchev–Trinajstić information content (AvgIpc) is 2.46. The van der Waals surface area contributed by atoms with E-state index in [1.165, 1.54) is 0 Å². The Morgan fingerprint density at radius 2 is 2.00 bits per heavy atom. The maximum atomic E-state index is 6.24. The topological polar surface area (TPSA) is 44.5 Å². The predicted molar refractivity (Wildman–Crippen MR) is 90.6 cm³/mol. The number of hydrogen-bond donors (Lipinski definition) is 1. The van der Waals surface area contributed by atoms with Gasteiger partial charge in [-0.1, -0.05) is 11.6 Å². The van der Waals surface area contributed by atoms with E-state index in [1.54, 1.807) is 11.8 Å². The Labute approximate surface area is 140 Å². The highest BCUT2D eigenvalue weighted by molar-refractivity contribution is 9.10. The third-order valence-corrected chi connectivity index (χ3v) is 5.35. The van der Waals surface area contributed by atoms with Crippen molar-refractivity contribution < 1.29 is 9.47 Å². The van der Waals surface area contributed by atoms with Gasteiger partial charge in [-0.25, -0.2) is 0 Å². The molecule has 2 N–H and O–H groups in total. The van der Waals surface area contributed by atoms with Crippen molar-refractivity contribution in [2.24, 2.45) is 0 Å². The molecule has 1 aliphatic rings. The highest BCUT2D eigenvalue weighted by Crippen LogP contribution is 2.40. The summed E-state index contributed by atoms with van der Waals surface area (Å²) in [6.45, 7) is 1.10. The number of thioether (sulfide) groups is 1. The van der Waals surface area contributed by atoms with Crippen LogP contribution in [-0.4, -0.2) is 13.2 Å². The van der Waals surface area contributed by atoms with Crippen LogP contribution < -0.4 is 15.2 Å². The zero-order valence-corrected chi connectivity index (χ0v) is 14.2. The van der Waals surface area contributed by atoms with Gasteiger partial charge in [-0.2, -0.15) is 0 Å². The van der Waals surface area contributed by atoms with E-state index in [0.29, 0.717) is 24.0 Å². The molecule has 0 aliphatic carbocycles. The number of fused-ring (bicyclic) bond motifs is 1. The van der Waals surface area contributed by atoms with Crippen molar-refractivity contribution >= 4 is 45.0 Å². The van der Waals surface area contributed by atoms with Gasteiger partial charge in [0, 0.05) is 20.8 Å². The molecule has 0 saturated carbocycles. The lowest BCUT2D eigenvalue weighted by Gasteiger charge is -2.20. The number of hydrogen-bond acceptors (Lipinski definition) is 4. The maximum Gasteiger partial charge on any atom is 0.179 e. The van der Waals surface area contributed by atoms with E-state index in [1.807, 2.05) is 30.3 Å². The minimum atomic E-state index is 0.541. The summed E-state index contributed by atoms with van der Waals surface area (Å²) in [6.07, 6.45) is 0. The van der Waals surface area contributed by atoms with Crippen molar-refractivity contribution in [1.82, 2.24) is 0 Å². The number of benzene rings is 2. The highest BCUT2D eigenvalue weighted by atomic mass is 79.9. The predicted octanol–water partition coefficient (Wildman–Crippen LogP) is 4.75. The Morgan fingerprint density at radius 3 is 2.81 bits per heavy atom. The molecule has 2 aromatic rings. The molecule has 3 nitrogen and oxygen atoms in total. The van der Waals surface area contributed by atoms with Gasteiger partial charge in [0.15, 0.2) is 11.5 Å². The van der Waals surface area contributed by atoms with Gasteiger partial charge in [0.25, 0.3) is 0 Å². The van der Waals surface area contributed by atoms with Crippen LogP contribution in [0.25, 0.3) is 0 Å². The van der Waals surface area contributed by atoms with Crippen LogP contribution in [-0.2, 0) is 5.75 Å². The molecule has 1 heterocycles. The van der Waals surface area contributed by atoms with Crippen molar-refractivity contribution in [3.63, 3.8) is 0 Å². The van der Waals surface area contributed by atoms with Crippen LogP contribution in [0.2, 0.25) is 5.02 Å². The molecule has 0 saturated heterocycles. The molecule has 2 aromatic carbocycles. The second-order valence-electron chi connectivity index (χ2n) is 4.58.